The van der Waals surface area contributed by atoms with Gasteiger partial charge < -0.3 is 9.64 Å². The van der Waals surface area contributed by atoms with Gasteiger partial charge in [-0.2, -0.15) is 19.4 Å². The average Bonchev–Trinajstić information content (AvgIpc) is 2.11. The number of hydrogen-bond donors (Lipinski definition) is 0. The second-order valence-corrected chi connectivity index (χ2v) is 4.64. The van der Waals surface area contributed by atoms with Crippen LogP contribution in [0.25, 0.3) is 0 Å². The molecule has 2 rings (SSSR count). The maximum Gasteiger partial charge on any atom is 0.0373 e. The van der Waals surface area contributed by atoms with Crippen molar-refractivity contribution in [2.45, 2.75) is 44.6 Å². The van der Waals surface area contributed by atoms with Crippen molar-refractivity contribution in [2.24, 2.45) is 0 Å². The molecule has 2 saturated heterocycles. The van der Waals surface area contributed by atoms with Crippen LogP contribution in [0.3, 0.4) is 0 Å². The summed E-state index contributed by atoms with van der Waals surface area (Å²) in [5, 5.41) is 0. The molecule has 3 heteroatoms. The second kappa shape index (κ2) is 3.97. The molecular weight excluding hydrogens is 424 g/mol. The minimum absolute atomic E-state index is 0. The van der Waals surface area contributed by atoms with Crippen molar-refractivity contribution < 1.29 is 4.74 Å². The van der Waals surface area contributed by atoms with Crippen LogP contribution in [0, 0.1) is 6.10 Å². The molecule has 0 aromatic rings. The summed E-state index contributed by atoms with van der Waals surface area (Å²) in [7, 11) is 2.20. The van der Waals surface area contributed by atoms with E-state index in [9.17, 15) is 0 Å². The van der Waals surface area contributed by atoms with Crippen LogP contribution < -0.4 is 0 Å². The third kappa shape index (κ3) is 2.05. The fourth-order valence-electron chi connectivity index (χ4n) is 2.51. The van der Waals surface area contributed by atoms with Crippen molar-refractivity contribution >= 4 is 0 Å². The molecule has 2 fully saturated rings. The van der Waals surface area contributed by atoms with E-state index >= 15 is 0 Å². The summed E-state index contributed by atoms with van der Waals surface area (Å²) in [6.07, 6.45) is 7.49. The first-order valence-electron chi connectivity index (χ1n) is 5.40. The van der Waals surface area contributed by atoms with Crippen LogP contribution in [-0.2, 0) is 4.74 Å². The van der Waals surface area contributed by atoms with E-state index < -0.39 is 0 Å². The zero-order valence-electron chi connectivity index (χ0n) is 9.06. The summed E-state index contributed by atoms with van der Waals surface area (Å²) in [6.45, 7) is 4.54. The zero-order chi connectivity index (χ0) is 9.31. The molecule has 0 N–H and O–H groups in total. The van der Waals surface area contributed by atoms with E-state index in [0.29, 0.717) is 0 Å². The SMILES string of the molecule is C[C-]1CCCC2(CCN(C)CC2)O1.[Lr]. The summed E-state index contributed by atoms with van der Waals surface area (Å²) >= 11 is 0. The molecule has 1 spiro atoms. The van der Waals surface area contributed by atoms with Crippen molar-refractivity contribution in [1.29, 1.82) is 0 Å². The number of likely N-dealkylation sites (tertiary alicyclic amines) is 1. The number of rotatable bonds is 0. The number of ether oxygens (including phenoxy) is 1. The molecule has 2 heterocycles. The van der Waals surface area contributed by atoms with Gasteiger partial charge in [-0.25, -0.2) is 0 Å². The topological polar surface area (TPSA) is 12.5 Å². The maximum absolute atomic E-state index is 6.05. The van der Waals surface area contributed by atoms with Crippen LogP contribution in [0.1, 0.15) is 39.0 Å². The quantitative estimate of drug-likeness (QED) is 0.532. The standard InChI is InChI=1S/C11H20NO.Lr/c1-10-4-3-5-11(13-10)6-8-12(2)9-7-11;/h3-9H2,1-2H3;/q-1;. The molecular formula is C11H20LrNO-. The summed E-state index contributed by atoms with van der Waals surface area (Å²) < 4.78 is 6.05. The van der Waals surface area contributed by atoms with Crippen LogP contribution in [0.5, 0.6) is 0 Å². The van der Waals surface area contributed by atoms with E-state index in [2.05, 4.69) is 18.9 Å². The maximum atomic E-state index is 6.05. The molecule has 1 radical (unpaired) electrons. The Morgan fingerprint density at radius 2 is 1.86 bits per heavy atom. The Balaban J connectivity index is 0.000000980. The second-order valence-electron chi connectivity index (χ2n) is 4.64. The molecule has 91 valence electrons. The molecule has 0 aromatic heterocycles. The number of nitrogens with zero attached hydrogens (tertiary/aromatic N) is 1. The van der Waals surface area contributed by atoms with Gasteiger partial charge in [-0.05, 0) is 26.3 Å². The van der Waals surface area contributed by atoms with E-state index in [1.54, 1.807) is 0 Å². The van der Waals surface area contributed by atoms with Gasteiger partial charge in [0.15, 0.2) is 0 Å². The fraction of sp³-hybridized carbons (Fsp3) is 0.909. The largest absolute Gasteiger partial charge is 0.544 e. The third-order valence-corrected chi connectivity index (χ3v) is 3.45. The van der Waals surface area contributed by atoms with E-state index in [4.69, 9.17) is 4.74 Å². The molecule has 0 saturated carbocycles. The summed E-state index contributed by atoms with van der Waals surface area (Å²) in [5.41, 5.74) is 0.231. The molecule has 0 atom stereocenters. The Morgan fingerprint density at radius 3 is 2.43 bits per heavy atom. The van der Waals surface area contributed by atoms with Gasteiger partial charge in [0.2, 0.25) is 0 Å². The predicted octanol–water partition coefficient (Wildman–Crippen LogP) is 2.20. The van der Waals surface area contributed by atoms with Crippen molar-refractivity contribution in [3.63, 3.8) is 0 Å². The van der Waals surface area contributed by atoms with Crippen LogP contribution >= 0.6 is 0 Å². The number of piperidine rings is 1. The first-order chi connectivity index (χ1) is 6.20. The Hall–Kier alpha value is -1.08. The molecule has 0 aromatic carbocycles. The molecule has 14 heavy (non-hydrogen) atoms. The van der Waals surface area contributed by atoms with Gasteiger partial charge in [-0.15, -0.1) is 0 Å². The van der Waals surface area contributed by atoms with Gasteiger partial charge >= 0.3 is 0 Å². The van der Waals surface area contributed by atoms with Crippen molar-refractivity contribution in [3.05, 3.63) is 6.10 Å². The number of hydrogen-bond acceptors (Lipinski definition) is 2. The molecule has 2 aliphatic rings. The molecule has 0 bridgehead atoms. The molecule has 2 aliphatic heterocycles. The van der Waals surface area contributed by atoms with Gasteiger partial charge in [0.05, 0.1) is 0 Å². The summed E-state index contributed by atoms with van der Waals surface area (Å²) in [6, 6.07) is 0. The Kier molecular flexibility index (Phi) is 3.12. The van der Waals surface area contributed by atoms with Crippen molar-refractivity contribution in [2.75, 3.05) is 20.1 Å². The minimum atomic E-state index is 0. The monoisotopic (exact) mass is 444 g/mol. The van der Waals surface area contributed by atoms with Crippen molar-refractivity contribution in [1.82, 2.24) is 4.90 Å². The van der Waals surface area contributed by atoms with E-state index in [-0.39, 0.29) is 5.60 Å². The molecule has 2 nitrogen and oxygen atoms in total. The molecule has 0 unspecified atom stereocenters. The van der Waals surface area contributed by atoms with Gasteiger partial charge in [0.1, 0.15) is 0 Å². The van der Waals surface area contributed by atoms with Crippen LogP contribution in [-0.4, -0.2) is 30.6 Å². The Bertz CT molecular complexity index is 178. The first-order valence-corrected chi connectivity index (χ1v) is 5.40. The summed E-state index contributed by atoms with van der Waals surface area (Å²) in [5.74, 6) is 0. The van der Waals surface area contributed by atoms with Gasteiger partial charge in [0.25, 0.3) is 0 Å². The zero-order valence-corrected chi connectivity index (χ0v) is 11.2. The van der Waals surface area contributed by atoms with Gasteiger partial charge in [0, 0.05) is 18.7 Å². The first kappa shape index (κ1) is 11.0. The van der Waals surface area contributed by atoms with Gasteiger partial charge in [-0.1, -0.05) is 6.42 Å². The Labute approximate surface area is 81.3 Å². The van der Waals surface area contributed by atoms with Crippen molar-refractivity contribution in [3.8, 4) is 0 Å². The van der Waals surface area contributed by atoms with E-state index in [1.807, 2.05) is 0 Å². The normalized spacial score (nSPS) is 28.7. The third-order valence-electron chi connectivity index (χ3n) is 3.45. The van der Waals surface area contributed by atoms with Crippen LogP contribution in [0.15, 0.2) is 0 Å². The smallest absolute Gasteiger partial charge is 0.0373 e. The fourth-order valence-corrected chi connectivity index (χ4v) is 2.51. The van der Waals surface area contributed by atoms with Crippen LogP contribution in [0.4, 0.5) is 0 Å². The van der Waals surface area contributed by atoms with E-state index in [0.717, 1.165) is 0 Å². The molecule has 0 amide bonds. The van der Waals surface area contributed by atoms with E-state index in [1.165, 1.54) is 51.3 Å². The Morgan fingerprint density at radius 1 is 1.21 bits per heavy atom. The molecule has 0 aliphatic carbocycles. The van der Waals surface area contributed by atoms with Gasteiger partial charge in [-0.3, -0.25) is 0 Å². The van der Waals surface area contributed by atoms with Crippen LogP contribution in [0.2, 0.25) is 0 Å². The summed E-state index contributed by atoms with van der Waals surface area (Å²) in [4.78, 5) is 2.40. The predicted molar refractivity (Wildman–Crippen MR) is 53.3 cm³/mol. The average molecular weight is 444 g/mol. The minimum Gasteiger partial charge on any atom is -0.544 e.